The highest BCUT2D eigenvalue weighted by molar-refractivity contribution is 5.93. The Balaban J connectivity index is 2.16. The van der Waals surface area contributed by atoms with E-state index in [9.17, 15) is 4.79 Å². The van der Waals surface area contributed by atoms with Crippen molar-refractivity contribution >= 4 is 17.3 Å². The van der Waals surface area contributed by atoms with Crippen molar-refractivity contribution in [3.63, 3.8) is 0 Å². The molecule has 0 bridgehead atoms. The summed E-state index contributed by atoms with van der Waals surface area (Å²) in [6.07, 6.45) is 5.94. The van der Waals surface area contributed by atoms with Gasteiger partial charge in [-0.1, -0.05) is 31.4 Å². The van der Waals surface area contributed by atoms with E-state index < -0.39 is 0 Å². The molecule has 0 saturated heterocycles. The van der Waals surface area contributed by atoms with Crippen molar-refractivity contribution in [1.82, 2.24) is 0 Å². The van der Waals surface area contributed by atoms with Gasteiger partial charge in [-0.25, -0.2) is 0 Å². The average molecular weight is 249 g/mol. The lowest BCUT2D eigenvalue weighted by Gasteiger charge is -2.07. The largest absolute Gasteiger partial charge is 0.397 e. The number of carbonyl (C=O) groups excluding carboxylic acids is 1. The molecule has 4 nitrogen and oxygen atoms in total. The summed E-state index contributed by atoms with van der Waals surface area (Å²) in [5.41, 5.74) is 12.5. The Hall–Kier alpha value is -1.55. The van der Waals surface area contributed by atoms with Crippen LogP contribution in [0, 0.1) is 0 Å². The van der Waals surface area contributed by atoms with E-state index >= 15 is 0 Å². The molecule has 1 amide bonds. The van der Waals surface area contributed by atoms with Crippen LogP contribution < -0.4 is 16.8 Å². The molecule has 0 aromatic heterocycles. The van der Waals surface area contributed by atoms with Crippen molar-refractivity contribution < 1.29 is 4.79 Å². The zero-order valence-corrected chi connectivity index (χ0v) is 10.8. The van der Waals surface area contributed by atoms with Crippen molar-refractivity contribution in [3.05, 3.63) is 24.3 Å². The average Bonchev–Trinajstić information content (AvgIpc) is 2.36. The van der Waals surface area contributed by atoms with Gasteiger partial charge in [0, 0.05) is 6.42 Å². The number of amides is 1. The van der Waals surface area contributed by atoms with Crippen molar-refractivity contribution in [2.24, 2.45) is 5.73 Å². The molecule has 0 spiro atoms. The quantitative estimate of drug-likeness (QED) is 0.489. The molecule has 0 saturated carbocycles. The van der Waals surface area contributed by atoms with Crippen molar-refractivity contribution in [1.29, 1.82) is 0 Å². The van der Waals surface area contributed by atoms with Gasteiger partial charge < -0.3 is 16.8 Å². The monoisotopic (exact) mass is 249 g/mol. The number of nitrogens with one attached hydrogen (secondary N) is 1. The predicted molar refractivity (Wildman–Crippen MR) is 76.2 cm³/mol. The molecular formula is C14H23N3O. The molecule has 1 aromatic rings. The molecule has 100 valence electrons. The minimum Gasteiger partial charge on any atom is -0.397 e. The second-order valence-electron chi connectivity index (χ2n) is 4.44. The first-order chi connectivity index (χ1) is 8.74. The van der Waals surface area contributed by atoms with Crippen molar-refractivity contribution in [2.45, 2.75) is 38.5 Å². The van der Waals surface area contributed by atoms with E-state index in [0.717, 1.165) is 38.6 Å². The summed E-state index contributed by atoms with van der Waals surface area (Å²) >= 11 is 0. The number of para-hydroxylation sites is 2. The summed E-state index contributed by atoms with van der Waals surface area (Å²) in [4.78, 5) is 11.7. The minimum atomic E-state index is 0.0340. The van der Waals surface area contributed by atoms with Gasteiger partial charge in [-0.3, -0.25) is 4.79 Å². The normalized spacial score (nSPS) is 10.3. The third-order valence-corrected chi connectivity index (χ3v) is 2.84. The molecule has 5 N–H and O–H groups in total. The van der Waals surface area contributed by atoms with Gasteiger partial charge >= 0.3 is 0 Å². The van der Waals surface area contributed by atoms with Gasteiger partial charge in [0.1, 0.15) is 0 Å². The fourth-order valence-corrected chi connectivity index (χ4v) is 1.78. The summed E-state index contributed by atoms with van der Waals surface area (Å²) in [6.45, 7) is 0.758. The molecular weight excluding hydrogens is 226 g/mol. The predicted octanol–water partition coefficient (Wildman–Crippen LogP) is 2.51. The lowest BCUT2D eigenvalue weighted by molar-refractivity contribution is -0.116. The molecule has 0 aliphatic carbocycles. The number of benzene rings is 1. The first-order valence-electron chi connectivity index (χ1n) is 6.58. The van der Waals surface area contributed by atoms with Gasteiger partial charge in [0.2, 0.25) is 5.91 Å². The highest BCUT2D eigenvalue weighted by Gasteiger charge is 2.04. The summed E-state index contributed by atoms with van der Waals surface area (Å²) in [5.74, 6) is 0.0340. The Morgan fingerprint density at radius 1 is 1.06 bits per heavy atom. The van der Waals surface area contributed by atoms with Crippen molar-refractivity contribution in [2.75, 3.05) is 17.6 Å². The number of anilines is 2. The molecule has 0 atom stereocenters. The standard InChI is InChI=1S/C14H23N3O/c15-11-7-3-1-2-4-10-14(18)17-13-9-6-5-8-12(13)16/h5-6,8-9H,1-4,7,10-11,15-16H2,(H,17,18). The number of nitrogens with two attached hydrogens (primary N) is 2. The Bertz CT molecular complexity index is 366. The Morgan fingerprint density at radius 2 is 1.72 bits per heavy atom. The van der Waals surface area contributed by atoms with Crippen LogP contribution in [-0.4, -0.2) is 12.5 Å². The van der Waals surface area contributed by atoms with E-state index in [4.69, 9.17) is 11.5 Å². The lowest BCUT2D eigenvalue weighted by Crippen LogP contribution is -2.12. The smallest absolute Gasteiger partial charge is 0.224 e. The van der Waals surface area contributed by atoms with E-state index in [2.05, 4.69) is 5.32 Å². The van der Waals surface area contributed by atoms with Crippen LogP contribution >= 0.6 is 0 Å². The molecule has 4 heteroatoms. The second-order valence-corrected chi connectivity index (χ2v) is 4.44. The summed E-state index contributed by atoms with van der Waals surface area (Å²) in [7, 11) is 0. The van der Waals surface area contributed by atoms with E-state index in [0.29, 0.717) is 17.8 Å². The summed E-state index contributed by atoms with van der Waals surface area (Å²) in [5, 5.41) is 2.83. The Morgan fingerprint density at radius 3 is 2.44 bits per heavy atom. The van der Waals surface area contributed by atoms with E-state index in [-0.39, 0.29) is 5.91 Å². The fraction of sp³-hybridized carbons (Fsp3) is 0.500. The lowest BCUT2D eigenvalue weighted by atomic mass is 10.1. The molecule has 0 unspecified atom stereocenters. The van der Waals surface area contributed by atoms with Crippen LogP contribution in [-0.2, 0) is 4.79 Å². The van der Waals surface area contributed by atoms with Gasteiger partial charge in [0.05, 0.1) is 11.4 Å². The number of nitrogen functional groups attached to an aromatic ring is 1. The third kappa shape index (κ3) is 5.68. The first-order valence-corrected chi connectivity index (χ1v) is 6.58. The van der Waals surface area contributed by atoms with E-state index in [1.165, 1.54) is 0 Å². The Kier molecular flexibility index (Phi) is 6.87. The highest BCUT2D eigenvalue weighted by atomic mass is 16.1. The van der Waals surface area contributed by atoms with Crippen LogP contribution in [0.15, 0.2) is 24.3 Å². The van der Waals surface area contributed by atoms with Crippen LogP contribution in [0.25, 0.3) is 0 Å². The van der Waals surface area contributed by atoms with E-state index in [1.54, 1.807) is 6.07 Å². The van der Waals surface area contributed by atoms with Crippen LogP contribution in [0.3, 0.4) is 0 Å². The van der Waals surface area contributed by atoms with Crippen LogP contribution in [0.4, 0.5) is 11.4 Å². The van der Waals surface area contributed by atoms with Crippen LogP contribution in [0.2, 0.25) is 0 Å². The number of hydrogen-bond donors (Lipinski definition) is 3. The molecule has 18 heavy (non-hydrogen) atoms. The molecule has 0 fully saturated rings. The maximum absolute atomic E-state index is 11.7. The van der Waals surface area contributed by atoms with Crippen LogP contribution in [0.1, 0.15) is 38.5 Å². The zero-order chi connectivity index (χ0) is 13.2. The number of carbonyl (C=O) groups is 1. The molecule has 0 aliphatic rings. The number of unbranched alkanes of at least 4 members (excludes halogenated alkanes) is 4. The highest BCUT2D eigenvalue weighted by Crippen LogP contribution is 2.17. The third-order valence-electron chi connectivity index (χ3n) is 2.84. The topological polar surface area (TPSA) is 81.1 Å². The second kappa shape index (κ2) is 8.53. The molecule has 1 rings (SSSR count). The molecule has 0 aliphatic heterocycles. The first kappa shape index (κ1) is 14.5. The maximum Gasteiger partial charge on any atom is 0.224 e. The fourth-order valence-electron chi connectivity index (χ4n) is 1.78. The molecule has 0 radical (unpaired) electrons. The van der Waals surface area contributed by atoms with Crippen LogP contribution in [0.5, 0.6) is 0 Å². The van der Waals surface area contributed by atoms with Gasteiger partial charge in [-0.05, 0) is 31.5 Å². The van der Waals surface area contributed by atoms with Crippen molar-refractivity contribution in [3.8, 4) is 0 Å². The van der Waals surface area contributed by atoms with Gasteiger partial charge in [-0.15, -0.1) is 0 Å². The molecule has 1 aromatic carbocycles. The summed E-state index contributed by atoms with van der Waals surface area (Å²) in [6, 6.07) is 7.30. The number of rotatable bonds is 8. The van der Waals surface area contributed by atoms with Gasteiger partial charge in [0.15, 0.2) is 0 Å². The molecule has 0 heterocycles. The van der Waals surface area contributed by atoms with Gasteiger partial charge in [0.25, 0.3) is 0 Å². The van der Waals surface area contributed by atoms with E-state index in [1.807, 2.05) is 18.2 Å². The zero-order valence-electron chi connectivity index (χ0n) is 10.8. The Labute approximate surface area is 109 Å². The maximum atomic E-state index is 11.7. The SMILES string of the molecule is NCCCCCCCC(=O)Nc1ccccc1N. The minimum absolute atomic E-state index is 0.0340. The summed E-state index contributed by atoms with van der Waals surface area (Å²) < 4.78 is 0. The van der Waals surface area contributed by atoms with Gasteiger partial charge in [-0.2, -0.15) is 0 Å². The number of hydrogen-bond acceptors (Lipinski definition) is 3.